The molecule has 0 aliphatic carbocycles. The number of anilines is 1. The van der Waals surface area contributed by atoms with Gasteiger partial charge in [0, 0.05) is 24.3 Å². The Kier molecular flexibility index (Phi) is 4.80. The van der Waals surface area contributed by atoms with Crippen LogP contribution in [0.1, 0.15) is 37.9 Å². The smallest absolute Gasteiger partial charge is 0.0432 e. The van der Waals surface area contributed by atoms with Crippen LogP contribution < -0.4 is 10.6 Å². The van der Waals surface area contributed by atoms with E-state index in [1.165, 1.54) is 16.8 Å². The van der Waals surface area contributed by atoms with Crippen LogP contribution in [0.15, 0.2) is 54.6 Å². The van der Waals surface area contributed by atoms with Crippen molar-refractivity contribution in [3.8, 4) is 0 Å². The molecule has 2 rings (SSSR count). The largest absolute Gasteiger partial charge is 0.365 e. The van der Waals surface area contributed by atoms with Gasteiger partial charge in [0.05, 0.1) is 0 Å². The van der Waals surface area contributed by atoms with E-state index in [1.54, 1.807) is 0 Å². The van der Waals surface area contributed by atoms with Crippen molar-refractivity contribution in [1.82, 2.24) is 0 Å². The van der Waals surface area contributed by atoms with E-state index in [4.69, 9.17) is 5.73 Å². The standard InChI is InChI=1S/C18H24N2/c1-14(2)20(13-16-7-5-4-6-8-16)18-11-9-17(10-12-18)15(3)19/h4-12,14-15H,13,19H2,1-3H3. The summed E-state index contributed by atoms with van der Waals surface area (Å²) in [5.41, 5.74) is 9.66. The molecule has 0 fully saturated rings. The molecule has 0 saturated carbocycles. The number of nitrogens with zero attached hydrogens (tertiary/aromatic N) is 1. The summed E-state index contributed by atoms with van der Waals surface area (Å²) in [7, 11) is 0. The zero-order valence-electron chi connectivity index (χ0n) is 12.6. The van der Waals surface area contributed by atoms with Crippen LogP contribution >= 0.6 is 0 Å². The third kappa shape index (κ3) is 3.61. The molecule has 0 aliphatic rings. The first-order valence-electron chi connectivity index (χ1n) is 7.24. The molecule has 20 heavy (non-hydrogen) atoms. The molecule has 1 atom stereocenters. The summed E-state index contributed by atoms with van der Waals surface area (Å²) in [6.45, 7) is 7.39. The van der Waals surface area contributed by atoms with Crippen molar-refractivity contribution in [2.24, 2.45) is 5.73 Å². The molecule has 2 heteroatoms. The Labute approximate surface area is 122 Å². The lowest BCUT2D eigenvalue weighted by Gasteiger charge is -2.29. The van der Waals surface area contributed by atoms with Crippen LogP contribution in [-0.4, -0.2) is 6.04 Å². The van der Waals surface area contributed by atoms with Gasteiger partial charge in [-0.2, -0.15) is 0 Å². The van der Waals surface area contributed by atoms with E-state index >= 15 is 0 Å². The van der Waals surface area contributed by atoms with Gasteiger partial charge in [-0.1, -0.05) is 42.5 Å². The van der Waals surface area contributed by atoms with Gasteiger partial charge in [0.25, 0.3) is 0 Å². The molecule has 1 unspecified atom stereocenters. The minimum atomic E-state index is 0.0886. The van der Waals surface area contributed by atoms with Crippen molar-refractivity contribution < 1.29 is 0 Å². The van der Waals surface area contributed by atoms with Gasteiger partial charge in [-0.05, 0) is 44.0 Å². The summed E-state index contributed by atoms with van der Waals surface area (Å²) < 4.78 is 0. The lowest BCUT2D eigenvalue weighted by Crippen LogP contribution is -2.30. The van der Waals surface area contributed by atoms with Gasteiger partial charge in [0.2, 0.25) is 0 Å². The third-order valence-electron chi connectivity index (χ3n) is 3.57. The minimum Gasteiger partial charge on any atom is -0.365 e. The quantitative estimate of drug-likeness (QED) is 0.883. The van der Waals surface area contributed by atoms with Gasteiger partial charge in [-0.3, -0.25) is 0 Å². The highest BCUT2D eigenvalue weighted by Crippen LogP contribution is 2.22. The fraction of sp³-hybridized carbons (Fsp3) is 0.333. The summed E-state index contributed by atoms with van der Waals surface area (Å²) in [5, 5.41) is 0. The van der Waals surface area contributed by atoms with E-state index in [9.17, 15) is 0 Å². The van der Waals surface area contributed by atoms with Crippen LogP contribution in [-0.2, 0) is 6.54 Å². The topological polar surface area (TPSA) is 29.3 Å². The zero-order valence-corrected chi connectivity index (χ0v) is 12.6. The Bertz CT molecular complexity index is 515. The monoisotopic (exact) mass is 268 g/mol. The molecule has 106 valence electrons. The SMILES string of the molecule is CC(N)c1ccc(N(Cc2ccccc2)C(C)C)cc1. The Morgan fingerprint density at radius 3 is 2.00 bits per heavy atom. The molecule has 0 bridgehead atoms. The number of rotatable bonds is 5. The molecule has 0 aromatic heterocycles. The molecular weight excluding hydrogens is 244 g/mol. The predicted molar refractivity (Wildman–Crippen MR) is 86.8 cm³/mol. The molecule has 0 aliphatic heterocycles. The van der Waals surface area contributed by atoms with Crippen molar-refractivity contribution in [3.63, 3.8) is 0 Å². The first-order chi connectivity index (χ1) is 9.58. The Morgan fingerprint density at radius 2 is 1.50 bits per heavy atom. The van der Waals surface area contributed by atoms with E-state index in [0.717, 1.165) is 6.54 Å². The van der Waals surface area contributed by atoms with Gasteiger partial charge in [0.15, 0.2) is 0 Å². The van der Waals surface area contributed by atoms with E-state index < -0.39 is 0 Å². The van der Waals surface area contributed by atoms with Gasteiger partial charge in [-0.15, -0.1) is 0 Å². The molecule has 2 N–H and O–H groups in total. The molecule has 0 amide bonds. The molecule has 2 aromatic rings. The Balaban J connectivity index is 2.20. The number of benzene rings is 2. The van der Waals surface area contributed by atoms with Gasteiger partial charge < -0.3 is 10.6 Å². The lowest BCUT2D eigenvalue weighted by molar-refractivity contribution is 0.682. The van der Waals surface area contributed by atoms with E-state index in [-0.39, 0.29) is 6.04 Å². The first kappa shape index (κ1) is 14.6. The van der Waals surface area contributed by atoms with E-state index in [2.05, 4.69) is 73.3 Å². The maximum absolute atomic E-state index is 5.91. The Morgan fingerprint density at radius 1 is 0.900 bits per heavy atom. The van der Waals surface area contributed by atoms with Crippen molar-refractivity contribution in [2.45, 2.75) is 39.4 Å². The molecule has 0 spiro atoms. The molecule has 2 aromatic carbocycles. The van der Waals surface area contributed by atoms with Gasteiger partial charge in [0.1, 0.15) is 0 Å². The van der Waals surface area contributed by atoms with Crippen LogP contribution in [0.2, 0.25) is 0 Å². The van der Waals surface area contributed by atoms with Gasteiger partial charge >= 0.3 is 0 Å². The fourth-order valence-electron chi connectivity index (χ4n) is 2.32. The summed E-state index contributed by atoms with van der Waals surface area (Å²) in [4.78, 5) is 2.40. The minimum absolute atomic E-state index is 0.0886. The number of nitrogens with two attached hydrogens (primary N) is 1. The molecular formula is C18H24N2. The molecule has 0 radical (unpaired) electrons. The van der Waals surface area contributed by atoms with Crippen molar-refractivity contribution in [3.05, 3.63) is 65.7 Å². The fourth-order valence-corrected chi connectivity index (χ4v) is 2.32. The highest BCUT2D eigenvalue weighted by atomic mass is 15.1. The second kappa shape index (κ2) is 6.58. The highest BCUT2D eigenvalue weighted by molar-refractivity contribution is 5.49. The average molecular weight is 268 g/mol. The number of hydrogen-bond donors (Lipinski definition) is 1. The van der Waals surface area contributed by atoms with Crippen molar-refractivity contribution in [2.75, 3.05) is 4.90 Å². The van der Waals surface area contributed by atoms with Crippen LogP contribution in [0.3, 0.4) is 0 Å². The maximum Gasteiger partial charge on any atom is 0.0432 e. The van der Waals surface area contributed by atoms with Crippen LogP contribution in [0.25, 0.3) is 0 Å². The second-order valence-corrected chi connectivity index (χ2v) is 5.59. The molecule has 0 heterocycles. The predicted octanol–water partition coefficient (Wildman–Crippen LogP) is 4.12. The van der Waals surface area contributed by atoms with Crippen molar-refractivity contribution in [1.29, 1.82) is 0 Å². The summed E-state index contributed by atoms with van der Waals surface area (Å²) >= 11 is 0. The number of hydrogen-bond acceptors (Lipinski definition) is 2. The summed E-state index contributed by atoms with van der Waals surface area (Å²) in [5.74, 6) is 0. The van der Waals surface area contributed by atoms with E-state index in [1.807, 2.05) is 6.92 Å². The summed E-state index contributed by atoms with van der Waals surface area (Å²) in [6, 6.07) is 19.7. The first-order valence-corrected chi connectivity index (χ1v) is 7.24. The lowest BCUT2D eigenvalue weighted by atomic mass is 10.1. The van der Waals surface area contributed by atoms with Crippen LogP contribution in [0, 0.1) is 0 Å². The van der Waals surface area contributed by atoms with Crippen LogP contribution in [0.4, 0.5) is 5.69 Å². The maximum atomic E-state index is 5.91. The van der Waals surface area contributed by atoms with Gasteiger partial charge in [-0.25, -0.2) is 0 Å². The van der Waals surface area contributed by atoms with Crippen LogP contribution in [0.5, 0.6) is 0 Å². The molecule has 2 nitrogen and oxygen atoms in total. The zero-order chi connectivity index (χ0) is 14.5. The summed E-state index contributed by atoms with van der Waals surface area (Å²) in [6.07, 6.45) is 0. The van der Waals surface area contributed by atoms with E-state index in [0.29, 0.717) is 6.04 Å². The second-order valence-electron chi connectivity index (χ2n) is 5.59. The third-order valence-corrected chi connectivity index (χ3v) is 3.57. The normalized spacial score (nSPS) is 12.4. The average Bonchev–Trinajstić information content (AvgIpc) is 2.45. The highest BCUT2D eigenvalue weighted by Gasteiger charge is 2.11. The Hall–Kier alpha value is -1.80. The molecule has 0 saturated heterocycles. The van der Waals surface area contributed by atoms with Crippen molar-refractivity contribution >= 4 is 5.69 Å².